The van der Waals surface area contributed by atoms with Crippen LogP contribution in [0.3, 0.4) is 0 Å². The Bertz CT molecular complexity index is 806. The van der Waals surface area contributed by atoms with Gasteiger partial charge in [-0.1, -0.05) is 23.4 Å². The van der Waals surface area contributed by atoms with Gasteiger partial charge in [-0.3, -0.25) is 14.9 Å². The standard InChI is InChI=1S/C14H14ClN5O3S/c1-8-17-18-14(19(8)9-2-3-9)24-7-13(21)16-12-5-4-10(20(22)23)6-11(12)15/h4-6,9H,2-3,7H2,1H3,(H,16,21). The zero-order chi connectivity index (χ0) is 17.3. The van der Waals surface area contributed by atoms with Gasteiger partial charge in [0.1, 0.15) is 5.82 Å². The van der Waals surface area contributed by atoms with E-state index in [1.54, 1.807) is 0 Å². The lowest BCUT2D eigenvalue weighted by molar-refractivity contribution is -0.384. The summed E-state index contributed by atoms with van der Waals surface area (Å²) in [6, 6.07) is 4.36. The Labute approximate surface area is 146 Å². The van der Waals surface area contributed by atoms with Crippen LogP contribution in [-0.4, -0.2) is 31.3 Å². The number of nitro groups is 1. The van der Waals surface area contributed by atoms with Gasteiger partial charge in [0.15, 0.2) is 5.16 Å². The van der Waals surface area contributed by atoms with Crippen molar-refractivity contribution in [2.45, 2.75) is 31.0 Å². The van der Waals surface area contributed by atoms with Gasteiger partial charge in [-0.05, 0) is 25.8 Å². The number of thioether (sulfide) groups is 1. The van der Waals surface area contributed by atoms with Crippen LogP contribution in [-0.2, 0) is 4.79 Å². The number of anilines is 1. The molecule has 0 atom stereocenters. The van der Waals surface area contributed by atoms with Crippen LogP contribution in [0.5, 0.6) is 0 Å². The maximum Gasteiger partial charge on any atom is 0.271 e. The van der Waals surface area contributed by atoms with Crippen molar-refractivity contribution in [3.63, 3.8) is 0 Å². The molecule has 2 aromatic rings. The quantitative estimate of drug-likeness (QED) is 0.477. The highest BCUT2D eigenvalue weighted by molar-refractivity contribution is 7.99. The summed E-state index contributed by atoms with van der Waals surface area (Å²) in [6.45, 7) is 1.89. The predicted molar refractivity (Wildman–Crippen MR) is 90.5 cm³/mol. The highest BCUT2D eigenvalue weighted by Gasteiger charge is 2.28. The second-order valence-electron chi connectivity index (χ2n) is 5.39. The number of aryl methyl sites for hydroxylation is 1. The van der Waals surface area contributed by atoms with E-state index in [9.17, 15) is 14.9 Å². The lowest BCUT2D eigenvalue weighted by Gasteiger charge is -2.08. The third-order valence-electron chi connectivity index (χ3n) is 3.52. The number of halogens is 1. The van der Waals surface area contributed by atoms with Crippen LogP contribution in [0.1, 0.15) is 24.7 Å². The number of aromatic nitrogens is 3. The molecule has 126 valence electrons. The topological polar surface area (TPSA) is 103 Å². The minimum Gasteiger partial charge on any atom is -0.324 e. The van der Waals surface area contributed by atoms with E-state index in [1.165, 1.54) is 30.0 Å². The third kappa shape index (κ3) is 3.68. The summed E-state index contributed by atoms with van der Waals surface area (Å²) >= 11 is 7.26. The number of nitrogens with one attached hydrogen (secondary N) is 1. The van der Waals surface area contributed by atoms with Gasteiger partial charge in [-0.25, -0.2) is 0 Å². The monoisotopic (exact) mass is 367 g/mol. The van der Waals surface area contributed by atoms with Crippen molar-refractivity contribution in [1.29, 1.82) is 0 Å². The number of amides is 1. The molecule has 10 heteroatoms. The van der Waals surface area contributed by atoms with Crippen LogP contribution < -0.4 is 5.32 Å². The average molecular weight is 368 g/mol. The van der Waals surface area contributed by atoms with Gasteiger partial charge in [-0.15, -0.1) is 10.2 Å². The molecule has 8 nitrogen and oxygen atoms in total. The molecule has 0 bridgehead atoms. The SMILES string of the molecule is Cc1nnc(SCC(=O)Nc2ccc([N+](=O)[O-])cc2Cl)n1C1CC1. The summed E-state index contributed by atoms with van der Waals surface area (Å²) in [6.07, 6.45) is 2.22. The van der Waals surface area contributed by atoms with E-state index in [-0.39, 0.29) is 22.4 Å². The van der Waals surface area contributed by atoms with E-state index in [0.29, 0.717) is 11.7 Å². The normalized spacial score (nSPS) is 13.8. The Morgan fingerprint density at radius 1 is 1.50 bits per heavy atom. The van der Waals surface area contributed by atoms with Gasteiger partial charge < -0.3 is 9.88 Å². The molecule has 0 radical (unpaired) electrons. The molecule has 0 spiro atoms. The maximum atomic E-state index is 12.1. The van der Waals surface area contributed by atoms with Crippen LogP contribution in [0.2, 0.25) is 5.02 Å². The zero-order valence-electron chi connectivity index (χ0n) is 12.7. The van der Waals surface area contributed by atoms with Crippen molar-refractivity contribution in [2.24, 2.45) is 0 Å². The van der Waals surface area contributed by atoms with Gasteiger partial charge in [0.05, 0.1) is 21.4 Å². The first kappa shape index (κ1) is 16.7. The summed E-state index contributed by atoms with van der Waals surface area (Å²) < 4.78 is 2.05. The van der Waals surface area contributed by atoms with Gasteiger partial charge in [0, 0.05) is 18.2 Å². The molecule has 1 fully saturated rings. The van der Waals surface area contributed by atoms with Crippen LogP contribution in [0.25, 0.3) is 0 Å². The number of carbonyl (C=O) groups excluding carboxylic acids is 1. The van der Waals surface area contributed by atoms with Crippen LogP contribution in [0.4, 0.5) is 11.4 Å². The second-order valence-corrected chi connectivity index (χ2v) is 6.74. The molecule has 0 unspecified atom stereocenters. The number of nitrogens with zero attached hydrogens (tertiary/aromatic N) is 4. The number of carbonyl (C=O) groups is 1. The summed E-state index contributed by atoms with van der Waals surface area (Å²) in [5, 5.41) is 22.3. The molecular formula is C14H14ClN5O3S. The van der Waals surface area contributed by atoms with E-state index >= 15 is 0 Å². The van der Waals surface area contributed by atoms with Crippen molar-refractivity contribution in [1.82, 2.24) is 14.8 Å². The molecule has 0 saturated heterocycles. The van der Waals surface area contributed by atoms with Crippen LogP contribution in [0.15, 0.2) is 23.4 Å². The maximum absolute atomic E-state index is 12.1. The minimum absolute atomic E-state index is 0.125. The number of hydrogen-bond acceptors (Lipinski definition) is 6. The Morgan fingerprint density at radius 3 is 2.88 bits per heavy atom. The number of non-ortho nitro benzene ring substituents is 1. The van der Waals surface area contributed by atoms with Crippen molar-refractivity contribution in [3.05, 3.63) is 39.2 Å². The van der Waals surface area contributed by atoms with Gasteiger partial charge >= 0.3 is 0 Å². The van der Waals surface area contributed by atoms with E-state index in [1.807, 2.05) is 6.92 Å². The molecule has 1 heterocycles. The van der Waals surface area contributed by atoms with Crippen molar-refractivity contribution >= 4 is 40.6 Å². The Hall–Kier alpha value is -2.13. The fourth-order valence-corrected chi connectivity index (χ4v) is 3.31. The Kier molecular flexibility index (Phi) is 4.72. The summed E-state index contributed by atoms with van der Waals surface area (Å²) in [7, 11) is 0. The molecule has 1 amide bonds. The summed E-state index contributed by atoms with van der Waals surface area (Å²) in [5.74, 6) is 0.732. The lowest BCUT2D eigenvalue weighted by atomic mass is 10.3. The number of rotatable bonds is 6. The smallest absolute Gasteiger partial charge is 0.271 e. The number of benzene rings is 1. The molecule has 1 N–H and O–H groups in total. The molecular weight excluding hydrogens is 354 g/mol. The van der Waals surface area contributed by atoms with E-state index in [0.717, 1.165) is 23.8 Å². The highest BCUT2D eigenvalue weighted by atomic mass is 35.5. The molecule has 24 heavy (non-hydrogen) atoms. The lowest BCUT2D eigenvalue weighted by Crippen LogP contribution is -2.15. The number of nitro benzene ring substituents is 1. The summed E-state index contributed by atoms with van der Waals surface area (Å²) in [5.41, 5.74) is 0.216. The molecule has 3 rings (SSSR count). The summed E-state index contributed by atoms with van der Waals surface area (Å²) in [4.78, 5) is 22.2. The first-order valence-electron chi connectivity index (χ1n) is 7.24. The minimum atomic E-state index is -0.541. The van der Waals surface area contributed by atoms with E-state index in [4.69, 9.17) is 11.6 Å². The van der Waals surface area contributed by atoms with Gasteiger partial charge in [-0.2, -0.15) is 0 Å². The molecule has 0 aliphatic heterocycles. The molecule has 1 aliphatic rings. The fourth-order valence-electron chi connectivity index (χ4n) is 2.24. The first-order chi connectivity index (χ1) is 11.5. The van der Waals surface area contributed by atoms with E-state index < -0.39 is 4.92 Å². The Morgan fingerprint density at radius 2 is 2.25 bits per heavy atom. The van der Waals surface area contributed by atoms with Crippen LogP contribution in [0, 0.1) is 17.0 Å². The number of hydrogen-bond donors (Lipinski definition) is 1. The van der Waals surface area contributed by atoms with Crippen LogP contribution >= 0.6 is 23.4 Å². The largest absolute Gasteiger partial charge is 0.324 e. The molecule has 1 saturated carbocycles. The predicted octanol–water partition coefficient (Wildman–Crippen LogP) is 3.21. The van der Waals surface area contributed by atoms with Crippen molar-refractivity contribution in [2.75, 3.05) is 11.1 Å². The molecule has 1 aromatic carbocycles. The van der Waals surface area contributed by atoms with Gasteiger partial charge in [0.2, 0.25) is 5.91 Å². The highest BCUT2D eigenvalue weighted by Crippen LogP contribution is 2.38. The van der Waals surface area contributed by atoms with Crippen molar-refractivity contribution in [3.8, 4) is 0 Å². The molecule has 1 aromatic heterocycles. The fraction of sp³-hybridized carbons (Fsp3) is 0.357. The van der Waals surface area contributed by atoms with Gasteiger partial charge in [0.25, 0.3) is 5.69 Å². The average Bonchev–Trinajstić information content (AvgIpc) is 3.30. The van der Waals surface area contributed by atoms with Crippen molar-refractivity contribution < 1.29 is 9.72 Å². The van der Waals surface area contributed by atoms with E-state index in [2.05, 4.69) is 20.1 Å². The molecule has 1 aliphatic carbocycles. The first-order valence-corrected chi connectivity index (χ1v) is 8.60. The Balaban J connectivity index is 1.61. The third-order valence-corrected chi connectivity index (χ3v) is 4.77. The zero-order valence-corrected chi connectivity index (χ0v) is 14.3. The second kappa shape index (κ2) is 6.78.